The summed E-state index contributed by atoms with van der Waals surface area (Å²) in [6, 6.07) is 8.38. The SMILES string of the molecule is CC(C)(C)CC(C)(C)c1ccc(OCC(O)CN2CCCC2)cc1.Cl. The van der Waals surface area contributed by atoms with E-state index >= 15 is 0 Å². The van der Waals surface area contributed by atoms with Gasteiger partial charge in [-0.05, 0) is 60.9 Å². The Morgan fingerprint density at radius 3 is 2.12 bits per heavy atom. The number of aliphatic hydroxyl groups is 1. The maximum Gasteiger partial charge on any atom is 0.119 e. The Kier molecular flexibility index (Phi) is 8.24. The van der Waals surface area contributed by atoms with Crippen LogP contribution in [0.1, 0.15) is 59.4 Å². The Balaban J connectivity index is 0.00000312. The van der Waals surface area contributed by atoms with Crippen LogP contribution in [0.5, 0.6) is 5.75 Å². The monoisotopic (exact) mass is 369 g/mol. The van der Waals surface area contributed by atoms with Crippen molar-refractivity contribution in [3.05, 3.63) is 29.8 Å². The minimum absolute atomic E-state index is 0. The highest BCUT2D eigenvalue weighted by atomic mass is 35.5. The fraction of sp³-hybridized carbons (Fsp3) is 0.714. The summed E-state index contributed by atoms with van der Waals surface area (Å²) in [7, 11) is 0. The van der Waals surface area contributed by atoms with E-state index in [1.54, 1.807) is 0 Å². The maximum atomic E-state index is 10.1. The maximum absolute atomic E-state index is 10.1. The van der Waals surface area contributed by atoms with Crippen LogP contribution in [-0.2, 0) is 5.41 Å². The number of halogens is 1. The predicted octanol–water partition coefficient (Wildman–Crippen LogP) is 4.66. The highest BCUT2D eigenvalue weighted by Gasteiger charge is 2.27. The second-order valence-electron chi connectivity index (χ2n) is 9.12. The first-order valence-corrected chi connectivity index (χ1v) is 9.29. The summed E-state index contributed by atoms with van der Waals surface area (Å²) in [5.41, 5.74) is 1.78. The molecule has 4 heteroatoms. The molecule has 1 aromatic rings. The summed E-state index contributed by atoms with van der Waals surface area (Å²) in [5, 5.41) is 10.1. The lowest BCUT2D eigenvalue weighted by Crippen LogP contribution is -2.33. The van der Waals surface area contributed by atoms with E-state index in [1.165, 1.54) is 18.4 Å². The van der Waals surface area contributed by atoms with Gasteiger partial charge in [-0.25, -0.2) is 0 Å². The molecule has 0 saturated carbocycles. The Labute approximate surface area is 160 Å². The largest absolute Gasteiger partial charge is 0.491 e. The minimum Gasteiger partial charge on any atom is -0.491 e. The van der Waals surface area contributed by atoms with Crippen LogP contribution in [0.2, 0.25) is 0 Å². The summed E-state index contributed by atoms with van der Waals surface area (Å²) in [4.78, 5) is 2.31. The van der Waals surface area contributed by atoms with Gasteiger partial charge in [0.1, 0.15) is 18.5 Å². The highest BCUT2D eigenvalue weighted by Crippen LogP contribution is 2.36. The molecule has 1 aliphatic heterocycles. The number of nitrogens with zero attached hydrogens (tertiary/aromatic N) is 1. The van der Waals surface area contributed by atoms with E-state index in [1.807, 2.05) is 12.1 Å². The average Bonchev–Trinajstić information content (AvgIpc) is 2.96. The van der Waals surface area contributed by atoms with Crippen molar-refractivity contribution in [1.29, 1.82) is 0 Å². The summed E-state index contributed by atoms with van der Waals surface area (Å²) in [6.45, 7) is 14.7. The van der Waals surface area contributed by atoms with Gasteiger partial charge in [-0.2, -0.15) is 0 Å². The first kappa shape index (κ1) is 22.3. The molecule has 1 unspecified atom stereocenters. The van der Waals surface area contributed by atoms with Gasteiger partial charge in [0.25, 0.3) is 0 Å². The van der Waals surface area contributed by atoms with E-state index in [0.717, 1.165) is 31.8 Å². The van der Waals surface area contributed by atoms with Crippen molar-refractivity contribution in [3.8, 4) is 5.75 Å². The lowest BCUT2D eigenvalue weighted by atomic mass is 9.72. The number of likely N-dealkylation sites (tertiary alicyclic amines) is 1. The van der Waals surface area contributed by atoms with Crippen LogP contribution in [0.25, 0.3) is 0 Å². The molecule has 0 amide bonds. The molecule has 1 saturated heterocycles. The van der Waals surface area contributed by atoms with Crippen molar-refractivity contribution < 1.29 is 9.84 Å². The fourth-order valence-electron chi connectivity index (χ4n) is 3.94. The second-order valence-corrected chi connectivity index (χ2v) is 9.12. The van der Waals surface area contributed by atoms with Gasteiger partial charge in [0.05, 0.1) is 0 Å². The fourth-order valence-corrected chi connectivity index (χ4v) is 3.94. The molecule has 144 valence electrons. The smallest absolute Gasteiger partial charge is 0.119 e. The van der Waals surface area contributed by atoms with Gasteiger partial charge in [0, 0.05) is 6.54 Å². The van der Waals surface area contributed by atoms with Crippen LogP contribution in [-0.4, -0.2) is 42.4 Å². The van der Waals surface area contributed by atoms with Gasteiger partial charge in [-0.1, -0.05) is 46.8 Å². The van der Waals surface area contributed by atoms with E-state index < -0.39 is 6.10 Å². The predicted molar refractivity (Wildman–Crippen MR) is 108 cm³/mol. The number of rotatable bonds is 7. The molecule has 2 rings (SSSR count). The van der Waals surface area contributed by atoms with Crippen molar-refractivity contribution in [2.45, 2.75) is 65.4 Å². The summed E-state index contributed by atoms with van der Waals surface area (Å²) >= 11 is 0. The normalized spacial score (nSPS) is 17.2. The van der Waals surface area contributed by atoms with Crippen LogP contribution in [0.4, 0.5) is 0 Å². The van der Waals surface area contributed by atoms with Crippen molar-refractivity contribution in [3.63, 3.8) is 0 Å². The Morgan fingerprint density at radius 1 is 1.04 bits per heavy atom. The summed E-state index contributed by atoms with van der Waals surface area (Å²) in [6.07, 6.45) is 3.22. The molecule has 1 heterocycles. The summed E-state index contributed by atoms with van der Waals surface area (Å²) in [5.74, 6) is 0.839. The molecule has 3 nitrogen and oxygen atoms in total. The molecule has 1 fully saturated rings. The van der Waals surface area contributed by atoms with E-state index in [4.69, 9.17) is 4.74 Å². The first-order chi connectivity index (χ1) is 11.2. The van der Waals surface area contributed by atoms with Crippen LogP contribution >= 0.6 is 12.4 Å². The van der Waals surface area contributed by atoms with Gasteiger partial charge in [0.2, 0.25) is 0 Å². The number of aliphatic hydroxyl groups excluding tert-OH is 1. The zero-order chi connectivity index (χ0) is 17.8. The van der Waals surface area contributed by atoms with Gasteiger partial charge in [-0.3, -0.25) is 0 Å². The van der Waals surface area contributed by atoms with E-state index in [2.05, 4.69) is 51.7 Å². The van der Waals surface area contributed by atoms with Gasteiger partial charge in [0.15, 0.2) is 0 Å². The molecule has 25 heavy (non-hydrogen) atoms. The van der Waals surface area contributed by atoms with E-state index in [9.17, 15) is 5.11 Å². The number of hydrogen-bond donors (Lipinski definition) is 1. The van der Waals surface area contributed by atoms with Crippen molar-refractivity contribution in [2.75, 3.05) is 26.2 Å². The molecule has 1 N–H and O–H groups in total. The molecular formula is C21H36ClNO2. The number of β-amino-alcohol motifs (C(OH)–C–C–N with tert-alkyl or cyclic N) is 1. The lowest BCUT2D eigenvalue weighted by Gasteiger charge is -2.33. The zero-order valence-electron chi connectivity index (χ0n) is 16.5. The third-order valence-corrected chi connectivity index (χ3v) is 4.72. The number of benzene rings is 1. The van der Waals surface area contributed by atoms with Crippen LogP contribution in [0, 0.1) is 5.41 Å². The van der Waals surface area contributed by atoms with Crippen molar-refractivity contribution in [1.82, 2.24) is 4.90 Å². The number of hydrogen-bond acceptors (Lipinski definition) is 3. The Bertz CT molecular complexity index is 502. The molecule has 1 atom stereocenters. The number of ether oxygens (including phenoxy) is 1. The minimum atomic E-state index is -0.417. The molecule has 1 aromatic carbocycles. The van der Waals surface area contributed by atoms with Gasteiger partial charge in [-0.15, -0.1) is 12.4 Å². The Hall–Kier alpha value is -0.770. The first-order valence-electron chi connectivity index (χ1n) is 9.29. The van der Waals surface area contributed by atoms with Crippen LogP contribution in [0.15, 0.2) is 24.3 Å². The molecule has 0 bridgehead atoms. The topological polar surface area (TPSA) is 32.7 Å². The van der Waals surface area contributed by atoms with Gasteiger partial charge < -0.3 is 14.7 Å². The van der Waals surface area contributed by atoms with E-state index in [-0.39, 0.29) is 17.8 Å². The molecular weight excluding hydrogens is 334 g/mol. The third kappa shape index (κ3) is 7.55. The van der Waals surface area contributed by atoms with Crippen LogP contribution < -0.4 is 4.74 Å². The summed E-state index contributed by atoms with van der Waals surface area (Å²) < 4.78 is 5.77. The molecule has 0 radical (unpaired) electrons. The third-order valence-electron chi connectivity index (χ3n) is 4.72. The molecule has 0 aromatic heterocycles. The van der Waals surface area contributed by atoms with E-state index in [0.29, 0.717) is 12.0 Å². The standard InChI is InChI=1S/C21H35NO2.ClH/c1-20(2,3)16-21(4,5)17-8-10-19(11-9-17)24-15-18(23)14-22-12-6-7-13-22;/h8-11,18,23H,6-7,12-16H2,1-5H3;1H. The Morgan fingerprint density at radius 2 is 1.60 bits per heavy atom. The van der Waals surface area contributed by atoms with Crippen molar-refractivity contribution >= 4 is 12.4 Å². The quantitative estimate of drug-likeness (QED) is 0.758. The van der Waals surface area contributed by atoms with Crippen LogP contribution in [0.3, 0.4) is 0 Å². The highest BCUT2D eigenvalue weighted by molar-refractivity contribution is 5.85. The second kappa shape index (κ2) is 9.25. The zero-order valence-corrected chi connectivity index (χ0v) is 17.4. The molecule has 0 aliphatic carbocycles. The molecule has 0 spiro atoms. The van der Waals surface area contributed by atoms with Crippen molar-refractivity contribution in [2.24, 2.45) is 5.41 Å². The average molecular weight is 370 g/mol. The molecule has 1 aliphatic rings. The lowest BCUT2D eigenvalue weighted by molar-refractivity contribution is 0.0758. The van der Waals surface area contributed by atoms with Gasteiger partial charge >= 0.3 is 0 Å².